The van der Waals surface area contributed by atoms with E-state index >= 15 is 0 Å². The van der Waals surface area contributed by atoms with E-state index in [1.54, 1.807) is 0 Å². The summed E-state index contributed by atoms with van der Waals surface area (Å²) < 4.78 is 23.0. The van der Waals surface area contributed by atoms with E-state index in [1.165, 1.54) is 51.4 Å². The number of carboxylic acid groups (broad SMARTS) is 1. The Morgan fingerprint density at radius 3 is 0.825 bits per heavy atom. The molecule has 0 spiro atoms. The average molecular weight is 1340 g/mol. The summed E-state index contributed by atoms with van der Waals surface area (Å²) >= 11 is 0. The third-order valence-electron chi connectivity index (χ3n) is 15.2. The van der Waals surface area contributed by atoms with Crippen LogP contribution in [0.15, 0.2) is 219 Å². The Balaban J connectivity index is 4.22. The Hall–Kier alpha value is -6.39. The molecule has 2 atom stereocenters. The van der Waals surface area contributed by atoms with Crippen molar-refractivity contribution in [1.29, 1.82) is 0 Å². The maximum absolute atomic E-state index is 13.0. The zero-order chi connectivity index (χ0) is 70.4. The molecule has 9 heteroatoms. The van der Waals surface area contributed by atoms with Crippen molar-refractivity contribution in [2.24, 2.45) is 0 Å². The molecule has 1 N–H and O–H groups in total. The fraction of sp³-hybridized carbons (Fsp3) is 0.557. The van der Waals surface area contributed by atoms with Crippen molar-refractivity contribution >= 4 is 17.9 Å². The second-order valence-corrected chi connectivity index (χ2v) is 25.5. The van der Waals surface area contributed by atoms with Crippen molar-refractivity contribution in [3.8, 4) is 0 Å². The number of allylic oxidation sites excluding steroid dienone is 36. The number of hydrogen-bond donors (Lipinski definition) is 1. The van der Waals surface area contributed by atoms with Crippen LogP contribution in [-0.4, -0.2) is 87.4 Å². The molecule has 0 radical (unpaired) electrons. The van der Waals surface area contributed by atoms with Gasteiger partial charge < -0.3 is 28.5 Å². The van der Waals surface area contributed by atoms with Crippen LogP contribution < -0.4 is 0 Å². The molecular formula is C88H138NO8+. The number of carbonyl (C=O) groups is 3. The normalized spacial score (nSPS) is 13.9. The summed E-state index contributed by atoms with van der Waals surface area (Å²) in [4.78, 5) is 37.7. The highest BCUT2D eigenvalue weighted by atomic mass is 16.7. The van der Waals surface area contributed by atoms with Crippen LogP contribution in [-0.2, 0) is 33.3 Å². The Kier molecular flexibility index (Phi) is 70.4. The van der Waals surface area contributed by atoms with Crippen molar-refractivity contribution in [2.75, 3.05) is 47.5 Å². The molecule has 0 aromatic rings. The highest BCUT2D eigenvalue weighted by Crippen LogP contribution is 2.15. The lowest BCUT2D eigenvalue weighted by molar-refractivity contribution is -0.870. The van der Waals surface area contributed by atoms with Crippen LogP contribution in [0, 0.1) is 0 Å². The van der Waals surface area contributed by atoms with Gasteiger partial charge in [-0.25, -0.2) is 4.79 Å². The van der Waals surface area contributed by atoms with Gasteiger partial charge >= 0.3 is 17.9 Å². The maximum atomic E-state index is 13.0. The minimum absolute atomic E-state index is 0.173. The predicted molar refractivity (Wildman–Crippen MR) is 418 cm³/mol. The van der Waals surface area contributed by atoms with Crippen LogP contribution in [0.2, 0.25) is 0 Å². The third-order valence-corrected chi connectivity index (χ3v) is 15.2. The number of ether oxygens (including phenoxy) is 4. The molecular weight excluding hydrogens is 1200 g/mol. The highest BCUT2D eigenvalue weighted by Gasteiger charge is 2.25. The second-order valence-electron chi connectivity index (χ2n) is 25.5. The summed E-state index contributed by atoms with van der Waals surface area (Å²) in [5.41, 5.74) is 0. The lowest BCUT2D eigenvalue weighted by atomic mass is 10.1. The summed E-state index contributed by atoms with van der Waals surface area (Å²) in [6.45, 7) is 4.60. The number of nitrogens with zero attached hydrogens (tertiary/aromatic N) is 1. The van der Waals surface area contributed by atoms with Gasteiger partial charge in [-0.3, -0.25) is 9.59 Å². The largest absolute Gasteiger partial charge is 0.477 e. The minimum Gasteiger partial charge on any atom is -0.477 e. The van der Waals surface area contributed by atoms with Crippen LogP contribution in [0.1, 0.15) is 258 Å². The van der Waals surface area contributed by atoms with E-state index in [0.29, 0.717) is 17.4 Å². The van der Waals surface area contributed by atoms with E-state index in [-0.39, 0.29) is 38.6 Å². The molecule has 0 heterocycles. The first-order valence-corrected chi connectivity index (χ1v) is 37.9. The molecule has 0 aliphatic heterocycles. The van der Waals surface area contributed by atoms with Crippen LogP contribution in [0.5, 0.6) is 0 Å². The first-order valence-electron chi connectivity index (χ1n) is 37.9. The standard InChI is InChI=1S/C88H137NO8/c1-6-8-10-12-14-16-18-20-22-24-26-28-30-32-34-36-38-40-42-43-45-47-49-51-53-55-57-59-61-63-65-67-69-71-73-75-77-79-86(91)97-84(83-96-88(87(92)93)94-81-80-89(3,4)5)82-95-85(90)78-76-74-72-70-68-66-64-62-60-58-56-54-52-50-48-46-44-41-39-37-35-33-31-29-27-25-23-21-19-17-15-13-11-9-7-2/h8-11,14-17,20-23,26-29,32-35,38-41,43,45-46,48-49,51-52,54-55,57-58,60,84,88H,6-7,12-13,18-19,24-25,30-31,36-37,42,44,47,50,53,56,59,61-83H2,1-5H3/p+1/b10-8-,11-9-,16-14-,17-15-,22-20-,23-21-,28-26-,29-27-,34-32-,35-33-,40-38-,41-39-,45-43-,48-46-,51-49-,54-52-,57-55-,60-58-. The summed E-state index contributed by atoms with van der Waals surface area (Å²) in [6.07, 6.45) is 116. The lowest BCUT2D eigenvalue weighted by Crippen LogP contribution is -2.40. The van der Waals surface area contributed by atoms with E-state index in [1.807, 2.05) is 21.1 Å². The smallest absolute Gasteiger partial charge is 0.361 e. The van der Waals surface area contributed by atoms with Gasteiger partial charge in [0.2, 0.25) is 0 Å². The SMILES string of the molecule is CC/C=C\C/C=C\C/C=C\C/C=C\C/C=C\C/C=C\C/C=C\C/C=C\C/C=C\CCCCCCCCCCCC(=O)OC(COC(=O)CCCCCCCCC/C=C\C/C=C\C/C=C\C/C=C\C/C=C\C/C=C\C/C=C\C/C=C\C/C=C\CC)COC(OCC[N+](C)(C)C)C(=O)O. The van der Waals surface area contributed by atoms with Crippen LogP contribution in [0.3, 0.4) is 0 Å². The van der Waals surface area contributed by atoms with E-state index in [2.05, 4.69) is 233 Å². The van der Waals surface area contributed by atoms with Gasteiger partial charge in [0.1, 0.15) is 13.2 Å². The molecule has 0 aromatic heterocycles. The molecule has 542 valence electrons. The molecule has 0 fully saturated rings. The zero-order valence-electron chi connectivity index (χ0n) is 61.9. The van der Waals surface area contributed by atoms with Gasteiger partial charge in [-0.1, -0.05) is 310 Å². The van der Waals surface area contributed by atoms with Gasteiger partial charge in [-0.05, 0) is 154 Å². The molecule has 97 heavy (non-hydrogen) atoms. The molecule has 0 aliphatic rings. The quantitative estimate of drug-likeness (QED) is 0.0211. The Bertz CT molecular complexity index is 2400. The number of aliphatic carboxylic acids is 1. The monoisotopic (exact) mass is 1340 g/mol. The first kappa shape index (κ1) is 90.6. The number of likely N-dealkylation sites (N-methyl/N-ethyl adjacent to an activating group) is 1. The van der Waals surface area contributed by atoms with Crippen molar-refractivity contribution in [1.82, 2.24) is 0 Å². The van der Waals surface area contributed by atoms with Crippen LogP contribution in [0.4, 0.5) is 0 Å². The Labute approximate surface area is 594 Å². The van der Waals surface area contributed by atoms with Crippen molar-refractivity contribution < 1.29 is 42.9 Å². The molecule has 0 saturated carbocycles. The maximum Gasteiger partial charge on any atom is 0.361 e. The van der Waals surface area contributed by atoms with E-state index < -0.39 is 24.3 Å². The summed E-state index contributed by atoms with van der Waals surface area (Å²) in [7, 11) is 5.96. The summed E-state index contributed by atoms with van der Waals surface area (Å²) in [5.74, 6) is -2.05. The number of unbranched alkanes of at least 4 members (excludes halogenated alkanes) is 16. The second kappa shape index (κ2) is 75.4. The first-order chi connectivity index (χ1) is 47.6. The molecule has 9 nitrogen and oxygen atoms in total. The lowest BCUT2D eigenvalue weighted by Gasteiger charge is -2.25. The Morgan fingerprint density at radius 2 is 0.557 bits per heavy atom. The Morgan fingerprint density at radius 1 is 0.309 bits per heavy atom. The summed E-state index contributed by atoms with van der Waals surface area (Å²) in [5, 5.41) is 9.77. The van der Waals surface area contributed by atoms with Gasteiger partial charge in [0.05, 0.1) is 34.4 Å². The molecule has 2 unspecified atom stereocenters. The fourth-order valence-corrected chi connectivity index (χ4v) is 9.53. The van der Waals surface area contributed by atoms with Crippen LogP contribution in [0.25, 0.3) is 0 Å². The van der Waals surface area contributed by atoms with Crippen molar-refractivity contribution in [3.05, 3.63) is 219 Å². The van der Waals surface area contributed by atoms with E-state index in [4.69, 9.17) is 18.9 Å². The van der Waals surface area contributed by atoms with Gasteiger partial charge in [-0.2, -0.15) is 0 Å². The van der Waals surface area contributed by atoms with Gasteiger partial charge in [0.25, 0.3) is 6.29 Å². The molecule has 0 aliphatic carbocycles. The van der Waals surface area contributed by atoms with E-state index in [9.17, 15) is 19.5 Å². The highest BCUT2D eigenvalue weighted by molar-refractivity contribution is 5.71. The molecule has 0 rings (SSSR count). The topological polar surface area (TPSA) is 108 Å². The molecule has 0 saturated heterocycles. The molecule has 0 amide bonds. The zero-order valence-corrected chi connectivity index (χ0v) is 61.9. The fourth-order valence-electron chi connectivity index (χ4n) is 9.53. The van der Waals surface area contributed by atoms with Gasteiger partial charge in [0.15, 0.2) is 6.10 Å². The van der Waals surface area contributed by atoms with Crippen LogP contribution >= 0.6 is 0 Å². The average Bonchev–Trinajstić information content (AvgIpc) is 3.11. The summed E-state index contributed by atoms with van der Waals surface area (Å²) in [6, 6.07) is 0. The molecule has 0 aromatic carbocycles. The van der Waals surface area contributed by atoms with Gasteiger partial charge in [0, 0.05) is 12.8 Å². The van der Waals surface area contributed by atoms with E-state index in [0.717, 1.165) is 173 Å². The van der Waals surface area contributed by atoms with Crippen molar-refractivity contribution in [3.63, 3.8) is 0 Å². The number of hydrogen-bond acceptors (Lipinski definition) is 7. The predicted octanol–water partition coefficient (Wildman–Crippen LogP) is 24.5. The number of esters is 2. The number of carboxylic acids is 1. The third kappa shape index (κ3) is 76.8. The minimum atomic E-state index is -1.53. The number of carbonyl (C=O) groups excluding carboxylic acids is 2. The van der Waals surface area contributed by atoms with Crippen molar-refractivity contribution in [2.45, 2.75) is 270 Å². The van der Waals surface area contributed by atoms with Gasteiger partial charge in [-0.15, -0.1) is 0 Å². The molecule has 0 bridgehead atoms. The number of quaternary nitrogens is 1. The number of rotatable bonds is 67.